The smallest absolute Gasteiger partial charge is 0.124 e. The largest absolute Gasteiger partial charge is 0.489 e. The zero-order valence-electron chi connectivity index (χ0n) is 14.3. The van der Waals surface area contributed by atoms with Crippen LogP contribution in [0, 0.1) is 11.3 Å². The first-order valence-corrected chi connectivity index (χ1v) is 8.85. The van der Waals surface area contributed by atoms with Gasteiger partial charge in [0.15, 0.2) is 0 Å². The Bertz CT molecular complexity index is 743. The molecule has 0 aliphatic carbocycles. The van der Waals surface area contributed by atoms with Crippen LogP contribution in [0.15, 0.2) is 48.5 Å². The monoisotopic (exact) mass is 334 g/mol. The minimum Gasteiger partial charge on any atom is -0.489 e. The fraction of sp³-hybridized carbons (Fsp3) is 0.381. The summed E-state index contributed by atoms with van der Waals surface area (Å²) in [5.74, 6) is 0.822. The highest BCUT2D eigenvalue weighted by atomic mass is 16.5. The van der Waals surface area contributed by atoms with Gasteiger partial charge in [0.2, 0.25) is 0 Å². The minimum atomic E-state index is -0.679. The van der Waals surface area contributed by atoms with E-state index in [1.807, 2.05) is 36.4 Å². The van der Waals surface area contributed by atoms with E-state index in [1.54, 1.807) is 0 Å². The number of nitriles is 1. The van der Waals surface area contributed by atoms with Crippen molar-refractivity contribution in [1.29, 1.82) is 5.26 Å². The summed E-state index contributed by atoms with van der Waals surface area (Å²) in [5.41, 5.74) is 2.48. The van der Waals surface area contributed by atoms with E-state index in [9.17, 15) is 5.26 Å². The maximum absolute atomic E-state index is 10.3. The van der Waals surface area contributed by atoms with Gasteiger partial charge in [0.05, 0.1) is 19.3 Å². The van der Waals surface area contributed by atoms with Crippen molar-refractivity contribution in [2.75, 3.05) is 32.8 Å². The fourth-order valence-corrected chi connectivity index (χ4v) is 3.90. The molecule has 0 bridgehead atoms. The Kier molecular flexibility index (Phi) is 4.44. The molecule has 2 aromatic rings. The van der Waals surface area contributed by atoms with Crippen LogP contribution in [0.25, 0.3) is 0 Å². The molecule has 2 aliphatic heterocycles. The Hall–Kier alpha value is -2.35. The number of benzene rings is 2. The van der Waals surface area contributed by atoms with Crippen molar-refractivity contribution in [3.8, 4) is 11.8 Å². The van der Waals surface area contributed by atoms with Gasteiger partial charge in [-0.15, -0.1) is 0 Å². The Morgan fingerprint density at radius 1 is 1.00 bits per heavy atom. The number of morpholine rings is 1. The Balaban J connectivity index is 1.77. The number of para-hydroxylation sites is 1. The van der Waals surface area contributed by atoms with Gasteiger partial charge >= 0.3 is 0 Å². The number of ether oxygens (including phenoxy) is 2. The van der Waals surface area contributed by atoms with Crippen LogP contribution in [0.4, 0.5) is 0 Å². The quantitative estimate of drug-likeness (QED) is 0.865. The van der Waals surface area contributed by atoms with Crippen LogP contribution in [0.3, 0.4) is 0 Å². The highest BCUT2D eigenvalue weighted by Crippen LogP contribution is 2.44. The number of rotatable bonds is 3. The number of hydrogen-bond donors (Lipinski definition) is 0. The van der Waals surface area contributed by atoms with Crippen LogP contribution in [0.2, 0.25) is 0 Å². The molecule has 25 heavy (non-hydrogen) atoms. The predicted molar refractivity (Wildman–Crippen MR) is 95.5 cm³/mol. The van der Waals surface area contributed by atoms with Gasteiger partial charge in [-0.25, -0.2) is 0 Å². The van der Waals surface area contributed by atoms with E-state index >= 15 is 0 Å². The summed E-state index contributed by atoms with van der Waals surface area (Å²) in [6, 6.07) is 18.9. The van der Waals surface area contributed by atoms with Crippen molar-refractivity contribution in [2.24, 2.45) is 0 Å². The molecule has 1 saturated heterocycles. The summed E-state index contributed by atoms with van der Waals surface area (Å²) >= 11 is 0. The summed E-state index contributed by atoms with van der Waals surface area (Å²) in [6.45, 7) is 4.79. The zero-order chi connectivity index (χ0) is 17.1. The molecular weight excluding hydrogens is 312 g/mol. The van der Waals surface area contributed by atoms with E-state index in [-0.39, 0.29) is 0 Å². The molecular formula is C21H22N2O2. The molecule has 2 aromatic carbocycles. The van der Waals surface area contributed by atoms with Crippen LogP contribution >= 0.6 is 0 Å². The average molecular weight is 334 g/mol. The second kappa shape index (κ2) is 6.87. The molecule has 0 amide bonds. The maximum atomic E-state index is 10.3. The van der Waals surface area contributed by atoms with Crippen LogP contribution in [0.1, 0.15) is 23.1 Å². The van der Waals surface area contributed by atoms with Crippen molar-refractivity contribution in [3.05, 3.63) is 65.2 Å². The molecule has 0 N–H and O–H groups in total. The molecule has 0 radical (unpaired) electrons. The third-order valence-corrected chi connectivity index (χ3v) is 5.30. The number of hydrogen-bond acceptors (Lipinski definition) is 4. The van der Waals surface area contributed by atoms with Crippen LogP contribution < -0.4 is 4.74 Å². The lowest BCUT2D eigenvalue weighted by Gasteiger charge is -2.33. The van der Waals surface area contributed by atoms with Gasteiger partial charge in [-0.05, 0) is 23.6 Å². The molecule has 4 nitrogen and oxygen atoms in total. The predicted octanol–water partition coefficient (Wildman–Crippen LogP) is 3.11. The van der Waals surface area contributed by atoms with E-state index < -0.39 is 5.41 Å². The molecule has 0 saturated carbocycles. The van der Waals surface area contributed by atoms with Crippen molar-refractivity contribution in [1.82, 2.24) is 4.90 Å². The van der Waals surface area contributed by atoms with Gasteiger partial charge < -0.3 is 9.47 Å². The van der Waals surface area contributed by atoms with Gasteiger partial charge in [0, 0.05) is 25.2 Å². The molecule has 128 valence electrons. The summed E-state index contributed by atoms with van der Waals surface area (Å²) < 4.78 is 11.5. The molecule has 4 rings (SSSR count). The summed E-state index contributed by atoms with van der Waals surface area (Å²) in [6.07, 6.45) is 0.751. The molecule has 1 atom stereocenters. The lowest BCUT2D eigenvalue weighted by atomic mass is 9.71. The molecule has 0 aromatic heterocycles. The standard InChI is InChI=1S/C21H22N2O2/c22-16-21(9-10-23-11-13-24-14-12-23)18-6-2-1-5-17(18)15-25-20-8-4-3-7-19(20)21/h1-8H,9-15H2. The second-order valence-electron chi connectivity index (χ2n) is 6.66. The Morgan fingerprint density at radius 3 is 2.52 bits per heavy atom. The first-order chi connectivity index (χ1) is 12.3. The second-order valence-corrected chi connectivity index (χ2v) is 6.66. The molecule has 1 unspecified atom stereocenters. The average Bonchev–Trinajstić information content (AvgIpc) is 2.83. The van der Waals surface area contributed by atoms with E-state index in [2.05, 4.69) is 23.1 Å². The van der Waals surface area contributed by atoms with Gasteiger partial charge in [0.25, 0.3) is 0 Å². The number of nitrogens with zero attached hydrogens (tertiary/aromatic N) is 2. The van der Waals surface area contributed by atoms with E-state index in [4.69, 9.17) is 9.47 Å². The fourth-order valence-electron chi connectivity index (χ4n) is 3.90. The van der Waals surface area contributed by atoms with Gasteiger partial charge in [-0.2, -0.15) is 5.26 Å². The molecule has 0 spiro atoms. The maximum Gasteiger partial charge on any atom is 0.124 e. The molecule has 2 aliphatic rings. The highest BCUT2D eigenvalue weighted by molar-refractivity contribution is 5.55. The van der Waals surface area contributed by atoms with Crippen LogP contribution in [0.5, 0.6) is 5.75 Å². The first kappa shape index (κ1) is 16.1. The minimum absolute atomic E-state index is 0.508. The van der Waals surface area contributed by atoms with E-state index in [1.165, 1.54) is 0 Å². The number of fused-ring (bicyclic) bond motifs is 2. The third-order valence-electron chi connectivity index (χ3n) is 5.30. The van der Waals surface area contributed by atoms with E-state index in [0.29, 0.717) is 6.61 Å². The van der Waals surface area contributed by atoms with Gasteiger partial charge in [-0.1, -0.05) is 42.5 Å². The lowest BCUT2D eigenvalue weighted by molar-refractivity contribution is 0.0360. The Morgan fingerprint density at radius 2 is 1.72 bits per heavy atom. The summed E-state index contributed by atoms with van der Waals surface area (Å²) in [4.78, 5) is 2.39. The normalized spacial score (nSPS) is 22.8. The third kappa shape index (κ3) is 2.90. The molecule has 2 heterocycles. The Labute approximate surface area is 148 Å². The van der Waals surface area contributed by atoms with Crippen LogP contribution in [-0.4, -0.2) is 37.7 Å². The first-order valence-electron chi connectivity index (χ1n) is 8.85. The summed E-state index contributed by atoms with van der Waals surface area (Å²) in [5, 5.41) is 10.3. The zero-order valence-corrected chi connectivity index (χ0v) is 14.3. The van der Waals surface area contributed by atoms with Gasteiger partial charge in [0.1, 0.15) is 17.8 Å². The SMILES string of the molecule is N#CC1(CCN2CCOCC2)c2ccccc2COc2ccccc21. The van der Waals surface area contributed by atoms with Gasteiger partial charge in [-0.3, -0.25) is 4.90 Å². The lowest BCUT2D eigenvalue weighted by Crippen LogP contribution is -2.40. The van der Waals surface area contributed by atoms with Crippen molar-refractivity contribution in [3.63, 3.8) is 0 Å². The molecule has 4 heteroatoms. The topological polar surface area (TPSA) is 45.5 Å². The highest BCUT2D eigenvalue weighted by Gasteiger charge is 2.40. The van der Waals surface area contributed by atoms with E-state index in [0.717, 1.165) is 61.7 Å². The van der Waals surface area contributed by atoms with Crippen molar-refractivity contribution < 1.29 is 9.47 Å². The van der Waals surface area contributed by atoms with Crippen molar-refractivity contribution >= 4 is 0 Å². The summed E-state index contributed by atoms with van der Waals surface area (Å²) in [7, 11) is 0. The van der Waals surface area contributed by atoms with Crippen molar-refractivity contribution in [2.45, 2.75) is 18.4 Å². The molecule has 1 fully saturated rings. The van der Waals surface area contributed by atoms with Crippen LogP contribution in [-0.2, 0) is 16.8 Å².